The van der Waals surface area contributed by atoms with Crippen LogP contribution in [0.3, 0.4) is 0 Å². The van der Waals surface area contributed by atoms with E-state index >= 15 is 0 Å². The summed E-state index contributed by atoms with van der Waals surface area (Å²) in [7, 11) is 0. The zero-order chi connectivity index (χ0) is 11.5. The number of nitrogens with zero attached hydrogens (tertiary/aromatic N) is 2. The van der Waals surface area contributed by atoms with Crippen LogP contribution in [0.1, 0.15) is 23.2 Å². The van der Waals surface area contributed by atoms with Gasteiger partial charge in [-0.25, -0.2) is 9.97 Å². The highest BCUT2D eigenvalue weighted by atomic mass is 16.2. The first-order chi connectivity index (χ1) is 7.72. The molecule has 0 unspecified atom stereocenters. The summed E-state index contributed by atoms with van der Waals surface area (Å²) in [5.74, 6) is 0.00871. The molecular formula is C12H13N3O. The van der Waals surface area contributed by atoms with Crippen LogP contribution >= 0.6 is 0 Å². The first-order valence-corrected chi connectivity index (χ1v) is 5.24. The number of benzene rings is 1. The van der Waals surface area contributed by atoms with Crippen molar-refractivity contribution in [2.45, 2.75) is 13.8 Å². The largest absolute Gasteiger partial charge is 0.350 e. The molecule has 0 aliphatic carbocycles. The maximum Gasteiger partial charge on any atom is 0.289 e. The molecule has 0 saturated carbocycles. The summed E-state index contributed by atoms with van der Waals surface area (Å²) in [4.78, 5) is 20.0. The van der Waals surface area contributed by atoms with Crippen molar-refractivity contribution in [3.63, 3.8) is 0 Å². The van der Waals surface area contributed by atoms with E-state index in [0.29, 0.717) is 6.54 Å². The third kappa shape index (κ3) is 1.86. The normalized spacial score (nSPS) is 10.4. The van der Waals surface area contributed by atoms with Crippen LogP contribution in [0.4, 0.5) is 0 Å². The first-order valence-electron chi connectivity index (χ1n) is 5.24. The topological polar surface area (TPSA) is 54.9 Å². The molecule has 0 spiro atoms. The van der Waals surface area contributed by atoms with Gasteiger partial charge in [-0.1, -0.05) is 18.2 Å². The number of nitrogens with one attached hydrogen (secondary N) is 1. The fourth-order valence-electron chi connectivity index (χ4n) is 1.58. The highest BCUT2D eigenvalue weighted by molar-refractivity contribution is 5.93. The number of aromatic nitrogens is 2. The second-order valence-electron chi connectivity index (χ2n) is 3.51. The SMILES string of the molecule is CCNC(=O)c1nc(C)c2ccccc2n1. The van der Waals surface area contributed by atoms with Gasteiger partial charge < -0.3 is 5.32 Å². The Morgan fingerprint density at radius 2 is 2.06 bits per heavy atom. The number of carbonyl (C=O) groups is 1. The molecule has 0 fully saturated rings. The molecule has 1 aromatic heterocycles. The van der Waals surface area contributed by atoms with Crippen molar-refractivity contribution in [1.29, 1.82) is 0 Å². The van der Waals surface area contributed by atoms with Gasteiger partial charge in [0, 0.05) is 17.6 Å². The van der Waals surface area contributed by atoms with Gasteiger partial charge in [-0.05, 0) is 19.9 Å². The van der Waals surface area contributed by atoms with Crippen molar-refractivity contribution in [3.8, 4) is 0 Å². The summed E-state index contributed by atoms with van der Waals surface area (Å²) < 4.78 is 0. The molecule has 1 heterocycles. The molecule has 0 bridgehead atoms. The molecule has 16 heavy (non-hydrogen) atoms. The third-order valence-corrected chi connectivity index (χ3v) is 2.33. The number of hydrogen-bond acceptors (Lipinski definition) is 3. The number of carbonyl (C=O) groups excluding carboxylic acids is 1. The number of hydrogen-bond donors (Lipinski definition) is 1. The second kappa shape index (κ2) is 4.26. The Bertz CT molecular complexity index is 537. The van der Waals surface area contributed by atoms with Crippen molar-refractivity contribution in [1.82, 2.24) is 15.3 Å². The minimum absolute atomic E-state index is 0.226. The van der Waals surface area contributed by atoms with Crippen molar-refractivity contribution in [2.75, 3.05) is 6.54 Å². The number of aryl methyl sites for hydroxylation is 1. The lowest BCUT2D eigenvalue weighted by Gasteiger charge is -2.04. The summed E-state index contributed by atoms with van der Waals surface area (Å²) in [6.07, 6.45) is 0. The molecule has 1 N–H and O–H groups in total. The quantitative estimate of drug-likeness (QED) is 0.829. The predicted molar refractivity (Wildman–Crippen MR) is 62.3 cm³/mol. The Kier molecular flexibility index (Phi) is 2.81. The van der Waals surface area contributed by atoms with Gasteiger partial charge in [-0.15, -0.1) is 0 Å². The van der Waals surface area contributed by atoms with Crippen LogP contribution < -0.4 is 5.32 Å². The van der Waals surface area contributed by atoms with Crippen molar-refractivity contribution >= 4 is 16.8 Å². The second-order valence-corrected chi connectivity index (χ2v) is 3.51. The summed E-state index contributed by atoms with van der Waals surface area (Å²) >= 11 is 0. The average molecular weight is 215 g/mol. The molecule has 0 saturated heterocycles. The highest BCUT2D eigenvalue weighted by Crippen LogP contribution is 2.14. The Morgan fingerprint density at radius 1 is 1.31 bits per heavy atom. The van der Waals surface area contributed by atoms with E-state index in [1.165, 1.54) is 0 Å². The lowest BCUT2D eigenvalue weighted by atomic mass is 10.2. The minimum atomic E-state index is -0.226. The zero-order valence-electron chi connectivity index (χ0n) is 9.32. The third-order valence-electron chi connectivity index (χ3n) is 2.33. The lowest BCUT2D eigenvalue weighted by Crippen LogP contribution is -2.25. The molecule has 0 atom stereocenters. The van der Waals surface area contributed by atoms with E-state index in [9.17, 15) is 4.79 Å². The van der Waals surface area contributed by atoms with E-state index in [0.717, 1.165) is 16.6 Å². The average Bonchev–Trinajstić information content (AvgIpc) is 2.29. The van der Waals surface area contributed by atoms with Gasteiger partial charge in [-0.2, -0.15) is 0 Å². The predicted octanol–water partition coefficient (Wildman–Crippen LogP) is 1.69. The van der Waals surface area contributed by atoms with Crippen LogP contribution in [0.2, 0.25) is 0 Å². The Hall–Kier alpha value is -1.97. The van der Waals surface area contributed by atoms with Crippen molar-refractivity contribution in [2.24, 2.45) is 0 Å². The number of fused-ring (bicyclic) bond motifs is 1. The van der Waals surface area contributed by atoms with Crippen molar-refractivity contribution in [3.05, 3.63) is 35.8 Å². The van der Waals surface area contributed by atoms with E-state index in [-0.39, 0.29) is 11.7 Å². The monoisotopic (exact) mass is 215 g/mol. The van der Waals surface area contributed by atoms with E-state index < -0.39 is 0 Å². The van der Waals surface area contributed by atoms with Crippen molar-refractivity contribution < 1.29 is 4.79 Å². The molecule has 82 valence electrons. The van der Waals surface area contributed by atoms with E-state index in [4.69, 9.17) is 0 Å². The Morgan fingerprint density at radius 3 is 2.81 bits per heavy atom. The van der Waals surface area contributed by atoms with Gasteiger partial charge in [0.1, 0.15) is 0 Å². The maximum atomic E-state index is 11.6. The Balaban J connectivity index is 2.53. The van der Waals surface area contributed by atoms with E-state index in [2.05, 4.69) is 15.3 Å². The molecule has 2 aromatic rings. The first kappa shape index (κ1) is 10.5. The maximum absolute atomic E-state index is 11.6. The lowest BCUT2D eigenvalue weighted by molar-refractivity contribution is 0.0945. The van der Waals surface area contributed by atoms with Crippen LogP contribution in [0.5, 0.6) is 0 Å². The zero-order valence-corrected chi connectivity index (χ0v) is 9.32. The number of rotatable bonds is 2. The summed E-state index contributed by atoms with van der Waals surface area (Å²) in [6.45, 7) is 4.33. The molecule has 0 aliphatic heterocycles. The van der Waals surface area contributed by atoms with E-state index in [1.54, 1.807) is 0 Å². The molecule has 4 nitrogen and oxygen atoms in total. The molecule has 4 heteroatoms. The van der Waals surface area contributed by atoms with Gasteiger partial charge in [0.2, 0.25) is 5.82 Å². The molecule has 1 aromatic carbocycles. The van der Waals surface area contributed by atoms with Gasteiger partial charge in [0.05, 0.1) is 5.52 Å². The molecule has 1 amide bonds. The molecule has 2 rings (SSSR count). The summed E-state index contributed by atoms with van der Waals surface area (Å²) in [6, 6.07) is 7.67. The standard InChI is InChI=1S/C12H13N3O/c1-3-13-12(16)11-14-8(2)9-6-4-5-7-10(9)15-11/h4-7H,3H2,1-2H3,(H,13,16). The van der Waals surface area contributed by atoms with Crippen LogP contribution in [-0.4, -0.2) is 22.4 Å². The fourth-order valence-corrected chi connectivity index (χ4v) is 1.58. The van der Waals surface area contributed by atoms with Crippen LogP contribution in [0, 0.1) is 6.92 Å². The number of para-hydroxylation sites is 1. The number of amides is 1. The van der Waals surface area contributed by atoms with E-state index in [1.807, 2.05) is 38.1 Å². The molecule has 0 radical (unpaired) electrons. The molecule has 0 aliphatic rings. The summed E-state index contributed by atoms with van der Waals surface area (Å²) in [5, 5.41) is 3.67. The van der Waals surface area contributed by atoms with Gasteiger partial charge >= 0.3 is 0 Å². The smallest absolute Gasteiger partial charge is 0.289 e. The van der Waals surface area contributed by atoms with Crippen LogP contribution in [0.25, 0.3) is 10.9 Å². The van der Waals surface area contributed by atoms with Crippen LogP contribution in [0.15, 0.2) is 24.3 Å². The fraction of sp³-hybridized carbons (Fsp3) is 0.250. The summed E-state index contributed by atoms with van der Waals surface area (Å²) in [5.41, 5.74) is 1.63. The Labute approximate surface area is 93.7 Å². The molecular weight excluding hydrogens is 202 g/mol. The highest BCUT2D eigenvalue weighted by Gasteiger charge is 2.10. The van der Waals surface area contributed by atoms with Gasteiger partial charge in [-0.3, -0.25) is 4.79 Å². The van der Waals surface area contributed by atoms with Crippen LogP contribution in [-0.2, 0) is 0 Å². The van der Waals surface area contributed by atoms with Gasteiger partial charge in [0.15, 0.2) is 0 Å². The van der Waals surface area contributed by atoms with Gasteiger partial charge in [0.25, 0.3) is 5.91 Å². The minimum Gasteiger partial charge on any atom is -0.350 e.